The lowest BCUT2D eigenvalue weighted by atomic mass is 9.73. The first-order valence-corrected chi connectivity index (χ1v) is 6.45. The Hall–Kier alpha value is -0.960. The Morgan fingerprint density at radius 1 is 1.41 bits per heavy atom. The zero-order valence-corrected chi connectivity index (χ0v) is 11.2. The first kappa shape index (κ1) is 11.1. The zero-order chi connectivity index (χ0) is 12.2. The van der Waals surface area contributed by atoms with Gasteiger partial charge in [-0.05, 0) is 19.0 Å². The molecule has 4 atom stereocenters. The van der Waals surface area contributed by atoms with Gasteiger partial charge in [0.2, 0.25) is 0 Å². The summed E-state index contributed by atoms with van der Waals surface area (Å²) in [7, 11) is 6.23. The lowest BCUT2D eigenvalue weighted by Crippen LogP contribution is -2.42. The smallest absolute Gasteiger partial charge is 0.110 e. The van der Waals surface area contributed by atoms with Crippen molar-refractivity contribution in [2.24, 2.45) is 11.3 Å². The molecular formula is C14H22N2O. The fourth-order valence-corrected chi connectivity index (χ4v) is 4.04. The minimum absolute atomic E-state index is 0.243. The van der Waals surface area contributed by atoms with Crippen LogP contribution < -0.4 is 0 Å². The topological polar surface area (TPSA) is 15.7 Å². The summed E-state index contributed by atoms with van der Waals surface area (Å²) in [5.74, 6) is 0.609. The molecule has 0 aromatic carbocycles. The van der Waals surface area contributed by atoms with Crippen molar-refractivity contribution in [3.63, 3.8) is 0 Å². The van der Waals surface area contributed by atoms with Gasteiger partial charge >= 0.3 is 0 Å². The van der Waals surface area contributed by atoms with E-state index in [0.29, 0.717) is 18.2 Å². The standard InChI is InChI=1S/C14H22N2O/c1-14-7-8-15(2)13(14)16(3)12-6-5-10(17-4)9-11(12)14/h6-8,10-11,13H,5,9H2,1-4H3. The van der Waals surface area contributed by atoms with E-state index < -0.39 is 0 Å². The van der Waals surface area contributed by atoms with Crippen LogP contribution in [-0.4, -0.2) is 43.3 Å². The van der Waals surface area contributed by atoms with Crippen molar-refractivity contribution in [2.45, 2.75) is 32.0 Å². The summed E-state index contributed by atoms with van der Waals surface area (Å²) < 4.78 is 5.55. The fourth-order valence-electron chi connectivity index (χ4n) is 4.04. The van der Waals surface area contributed by atoms with Crippen LogP contribution in [-0.2, 0) is 4.74 Å². The molecule has 2 heterocycles. The van der Waals surface area contributed by atoms with E-state index in [-0.39, 0.29) is 5.41 Å². The highest BCUT2D eigenvalue weighted by Crippen LogP contribution is 2.55. The van der Waals surface area contributed by atoms with Crippen molar-refractivity contribution in [2.75, 3.05) is 21.2 Å². The Kier molecular flexibility index (Phi) is 2.31. The van der Waals surface area contributed by atoms with Gasteiger partial charge in [-0.3, -0.25) is 0 Å². The number of ether oxygens (including phenoxy) is 1. The average Bonchev–Trinajstić information content (AvgIpc) is 2.75. The van der Waals surface area contributed by atoms with Crippen molar-refractivity contribution < 1.29 is 4.74 Å². The Labute approximate surface area is 104 Å². The van der Waals surface area contributed by atoms with E-state index in [2.05, 4.69) is 49.2 Å². The summed E-state index contributed by atoms with van der Waals surface area (Å²) in [6.45, 7) is 2.39. The minimum atomic E-state index is 0.243. The number of nitrogens with zero attached hydrogens (tertiary/aromatic N) is 2. The maximum absolute atomic E-state index is 5.55. The predicted molar refractivity (Wildman–Crippen MR) is 68.2 cm³/mol. The number of likely N-dealkylation sites (tertiary alicyclic amines) is 1. The molecule has 1 aliphatic carbocycles. The molecule has 1 saturated heterocycles. The summed E-state index contributed by atoms with van der Waals surface area (Å²) in [4.78, 5) is 4.79. The van der Waals surface area contributed by atoms with Gasteiger partial charge in [-0.15, -0.1) is 0 Å². The zero-order valence-electron chi connectivity index (χ0n) is 11.2. The molecule has 17 heavy (non-hydrogen) atoms. The second-order valence-corrected chi connectivity index (χ2v) is 5.84. The maximum Gasteiger partial charge on any atom is 0.110 e. The van der Waals surface area contributed by atoms with Crippen LogP contribution in [0.4, 0.5) is 0 Å². The molecule has 0 amide bonds. The van der Waals surface area contributed by atoms with Gasteiger partial charge < -0.3 is 14.5 Å². The molecule has 0 radical (unpaired) electrons. The largest absolute Gasteiger partial charge is 0.381 e. The van der Waals surface area contributed by atoms with E-state index in [9.17, 15) is 0 Å². The van der Waals surface area contributed by atoms with Crippen LogP contribution in [0.3, 0.4) is 0 Å². The molecule has 3 heteroatoms. The molecule has 0 bridgehead atoms. The van der Waals surface area contributed by atoms with Crippen molar-refractivity contribution in [1.29, 1.82) is 0 Å². The van der Waals surface area contributed by atoms with Crippen molar-refractivity contribution in [3.05, 3.63) is 24.0 Å². The molecule has 0 aromatic heterocycles. The third kappa shape index (κ3) is 1.32. The van der Waals surface area contributed by atoms with Crippen LogP contribution in [0, 0.1) is 11.3 Å². The predicted octanol–water partition coefficient (Wildman–Crippen LogP) is 2.03. The van der Waals surface area contributed by atoms with E-state index in [4.69, 9.17) is 4.74 Å². The molecule has 0 aromatic rings. The minimum Gasteiger partial charge on any atom is -0.381 e. The van der Waals surface area contributed by atoms with Gasteiger partial charge in [-0.2, -0.15) is 0 Å². The SMILES string of the molecule is COC1CC=C2C(C1)C1(C)C=CN(C)C1N2C. The Balaban J connectivity index is 1.99. The van der Waals surface area contributed by atoms with Gasteiger partial charge in [0.25, 0.3) is 0 Å². The first-order valence-electron chi connectivity index (χ1n) is 6.45. The first-order chi connectivity index (χ1) is 8.08. The summed E-state index contributed by atoms with van der Waals surface area (Å²) in [6, 6.07) is 0. The monoisotopic (exact) mass is 234 g/mol. The molecule has 2 aliphatic heterocycles. The molecule has 0 N–H and O–H groups in total. The highest BCUT2D eigenvalue weighted by atomic mass is 16.5. The van der Waals surface area contributed by atoms with Crippen molar-refractivity contribution in [1.82, 2.24) is 9.80 Å². The summed E-state index contributed by atoms with van der Waals surface area (Å²) in [5.41, 5.74) is 1.76. The van der Waals surface area contributed by atoms with E-state index in [0.717, 1.165) is 12.8 Å². The Morgan fingerprint density at radius 3 is 2.88 bits per heavy atom. The number of fused-ring (bicyclic) bond motifs is 3. The van der Waals surface area contributed by atoms with Gasteiger partial charge in [0, 0.05) is 38.2 Å². The molecular weight excluding hydrogens is 212 g/mol. The quantitative estimate of drug-likeness (QED) is 0.690. The fraction of sp³-hybridized carbons (Fsp3) is 0.714. The van der Waals surface area contributed by atoms with Crippen LogP contribution in [0.1, 0.15) is 19.8 Å². The van der Waals surface area contributed by atoms with E-state index in [1.165, 1.54) is 5.70 Å². The van der Waals surface area contributed by atoms with Crippen LogP contribution in [0.15, 0.2) is 24.0 Å². The summed E-state index contributed by atoms with van der Waals surface area (Å²) in [6.07, 6.45) is 10.1. The van der Waals surface area contributed by atoms with Crippen molar-refractivity contribution in [3.8, 4) is 0 Å². The van der Waals surface area contributed by atoms with Gasteiger partial charge in [-0.1, -0.05) is 19.1 Å². The molecule has 0 spiro atoms. The second kappa shape index (κ2) is 3.52. The lowest BCUT2D eigenvalue weighted by molar-refractivity contribution is 0.0625. The van der Waals surface area contributed by atoms with Gasteiger partial charge in [-0.25, -0.2) is 0 Å². The van der Waals surface area contributed by atoms with E-state index in [1.807, 2.05) is 7.11 Å². The molecule has 0 saturated carbocycles. The number of rotatable bonds is 1. The van der Waals surface area contributed by atoms with Crippen LogP contribution >= 0.6 is 0 Å². The number of hydrogen-bond donors (Lipinski definition) is 0. The summed E-state index contributed by atoms with van der Waals surface area (Å²) in [5, 5.41) is 0. The highest BCUT2D eigenvalue weighted by Gasteiger charge is 2.55. The van der Waals surface area contributed by atoms with Crippen molar-refractivity contribution >= 4 is 0 Å². The molecule has 1 fully saturated rings. The number of allylic oxidation sites excluding steroid dienone is 1. The number of methoxy groups -OCH3 is 1. The van der Waals surface area contributed by atoms with Gasteiger partial charge in [0.1, 0.15) is 6.17 Å². The second-order valence-electron chi connectivity index (χ2n) is 5.84. The molecule has 4 unspecified atom stereocenters. The summed E-state index contributed by atoms with van der Waals surface area (Å²) >= 11 is 0. The normalized spacial score (nSPS) is 43.8. The maximum atomic E-state index is 5.55. The van der Waals surface area contributed by atoms with E-state index in [1.54, 1.807) is 0 Å². The van der Waals surface area contributed by atoms with Crippen LogP contribution in [0.25, 0.3) is 0 Å². The molecule has 3 aliphatic rings. The molecule has 3 rings (SSSR count). The third-order valence-electron chi connectivity index (χ3n) is 4.91. The average molecular weight is 234 g/mol. The Morgan fingerprint density at radius 2 is 2.18 bits per heavy atom. The third-order valence-corrected chi connectivity index (χ3v) is 4.91. The van der Waals surface area contributed by atoms with Gasteiger partial charge in [0.05, 0.1) is 6.10 Å². The molecule has 3 nitrogen and oxygen atoms in total. The Bertz CT molecular complexity index is 390. The van der Waals surface area contributed by atoms with Gasteiger partial charge in [0.15, 0.2) is 0 Å². The molecule has 94 valence electrons. The number of hydrogen-bond acceptors (Lipinski definition) is 3. The van der Waals surface area contributed by atoms with E-state index >= 15 is 0 Å². The van der Waals surface area contributed by atoms with Crippen LogP contribution in [0.5, 0.6) is 0 Å². The lowest BCUT2D eigenvalue weighted by Gasteiger charge is -2.34. The van der Waals surface area contributed by atoms with Crippen LogP contribution in [0.2, 0.25) is 0 Å². The highest BCUT2D eigenvalue weighted by molar-refractivity contribution is 5.30.